The highest BCUT2D eigenvalue weighted by Crippen LogP contribution is 2.35. The Balaban J connectivity index is 2.03. The molecule has 0 saturated heterocycles. The maximum Gasteiger partial charge on any atom is 0.278 e. The Hall–Kier alpha value is -3.32. The molecular formula is C22H24N2O5. The summed E-state index contributed by atoms with van der Waals surface area (Å²) in [6.07, 6.45) is 0.561. The van der Waals surface area contributed by atoms with Crippen molar-refractivity contribution in [3.63, 3.8) is 0 Å². The van der Waals surface area contributed by atoms with Crippen LogP contribution in [-0.2, 0) is 14.3 Å². The number of hydrogen-bond acceptors (Lipinski definition) is 6. The molecular weight excluding hydrogens is 372 g/mol. The molecule has 0 unspecified atom stereocenters. The monoisotopic (exact) mass is 396 g/mol. The van der Waals surface area contributed by atoms with E-state index in [1.165, 1.54) is 12.0 Å². The minimum Gasteiger partial charge on any atom is -0.497 e. The van der Waals surface area contributed by atoms with Gasteiger partial charge in [-0.3, -0.25) is 14.5 Å². The first-order valence-electron chi connectivity index (χ1n) is 9.24. The van der Waals surface area contributed by atoms with Crippen LogP contribution in [0.15, 0.2) is 54.2 Å². The van der Waals surface area contributed by atoms with E-state index in [-0.39, 0.29) is 24.1 Å². The highest BCUT2D eigenvalue weighted by atomic mass is 16.5. The molecule has 0 saturated carbocycles. The van der Waals surface area contributed by atoms with Crippen LogP contribution in [-0.4, -0.2) is 51.2 Å². The van der Waals surface area contributed by atoms with Crippen LogP contribution in [0.1, 0.15) is 12.0 Å². The quantitative estimate of drug-likeness (QED) is 0.519. The fraction of sp³-hybridized carbons (Fsp3) is 0.273. The third kappa shape index (κ3) is 4.25. The Morgan fingerprint density at radius 3 is 2.34 bits per heavy atom. The van der Waals surface area contributed by atoms with Gasteiger partial charge in [0.1, 0.15) is 17.2 Å². The molecule has 2 aromatic carbocycles. The van der Waals surface area contributed by atoms with Crippen LogP contribution >= 0.6 is 0 Å². The summed E-state index contributed by atoms with van der Waals surface area (Å²) in [5.41, 5.74) is 1.75. The van der Waals surface area contributed by atoms with Crippen molar-refractivity contribution in [1.29, 1.82) is 0 Å². The molecule has 2 amide bonds. The van der Waals surface area contributed by atoms with Crippen molar-refractivity contribution in [3.05, 3.63) is 59.8 Å². The Kier molecular flexibility index (Phi) is 6.51. The molecule has 1 aliphatic rings. The highest BCUT2D eigenvalue weighted by molar-refractivity contribution is 6.36. The molecule has 3 rings (SSSR count). The zero-order chi connectivity index (χ0) is 20.8. The van der Waals surface area contributed by atoms with Crippen molar-refractivity contribution in [2.75, 3.05) is 39.8 Å². The first-order valence-corrected chi connectivity index (χ1v) is 9.24. The molecule has 1 heterocycles. The Morgan fingerprint density at radius 1 is 0.931 bits per heavy atom. The summed E-state index contributed by atoms with van der Waals surface area (Å²) in [6, 6.07) is 14.4. The van der Waals surface area contributed by atoms with Gasteiger partial charge in [0, 0.05) is 26.3 Å². The topological polar surface area (TPSA) is 77.1 Å². The van der Waals surface area contributed by atoms with Crippen LogP contribution in [0.3, 0.4) is 0 Å². The minimum atomic E-state index is -0.380. The van der Waals surface area contributed by atoms with Crippen molar-refractivity contribution in [3.8, 4) is 11.5 Å². The molecule has 0 aromatic heterocycles. The molecule has 7 nitrogen and oxygen atoms in total. The summed E-state index contributed by atoms with van der Waals surface area (Å²) in [5.74, 6) is 0.421. The van der Waals surface area contributed by atoms with Gasteiger partial charge < -0.3 is 19.5 Å². The molecule has 2 aromatic rings. The molecule has 0 fully saturated rings. The van der Waals surface area contributed by atoms with Gasteiger partial charge in [-0.15, -0.1) is 0 Å². The van der Waals surface area contributed by atoms with Gasteiger partial charge in [-0.25, -0.2) is 0 Å². The average molecular weight is 396 g/mol. The standard InChI is InChI=1S/C22H24N2O5/c1-27-13-7-12-24-21(25)19(15-8-5-4-6-9-15)20(22(24)26)23-17-14-16(28-2)10-11-18(17)29-3/h4-6,8-11,14,23H,7,12-13H2,1-3H3. The molecule has 7 heteroatoms. The van der Waals surface area contributed by atoms with E-state index in [0.29, 0.717) is 41.4 Å². The highest BCUT2D eigenvalue weighted by Gasteiger charge is 2.39. The summed E-state index contributed by atoms with van der Waals surface area (Å²) >= 11 is 0. The zero-order valence-corrected chi connectivity index (χ0v) is 16.7. The average Bonchev–Trinajstić information content (AvgIpc) is 2.98. The molecule has 0 aliphatic carbocycles. The van der Waals surface area contributed by atoms with E-state index in [1.807, 2.05) is 30.3 Å². The molecule has 0 spiro atoms. The summed E-state index contributed by atoms with van der Waals surface area (Å²) in [6.45, 7) is 0.743. The second-order valence-corrected chi connectivity index (χ2v) is 6.42. The van der Waals surface area contributed by atoms with Crippen LogP contribution in [0.2, 0.25) is 0 Å². The van der Waals surface area contributed by atoms with Crippen molar-refractivity contribution in [2.24, 2.45) is 0 Å². The normalized spacial score (nSPS) is 13.8. The van der Waals surface area contributed by atoms with E-state index in [9.17, 15) is 9.59 Å². The summed E-state index contributed by atoms with van der Waals surface area (Å²) in [5, 5.41) is 3.12. The predicted octanol–water partition coefficient (Wildman–Crippen LogP) is 2.93. The summed E-state index contributed by atoms with van der Waals surface area (Å²) in [7, 11) is 4.68. The van der Waals surface area contributed by atoms with Gasteiger partial charge in [-0.2, -0.15) is 0 Å². The van der Waals surface area contributed by atoms with Crippen molar-refractivity contribution < 1.29 is 23.8 Å². The number of rotatable bonds is 9. The van der Waals surface area contributed by atoms with Gasteiger partial charge in [-0.05, 0) is 24.1 Å². The number of methoxy groups -OCH3 is 3. The number of carbonyl (C=O) groups is 2. The lowest BCUT2D eigenvalue weighted by molar-refractivity contribution is -0.136. The molecule has 0 atom stereocenters. The van der Waals surface area contributed by atoms with Gasteiger partial charge in [-0.1, -0.05) is 30.3 Å². The van der Waals surface area contributed by atoms with Crippen molar-refractivity contribution >= 4 is 23.1 Å². The van der Waals surface area contributed by atoms with E-state index >= 15 is 0 Å². The largest absolute Gasteiger partial charge is 0.497 e. The van der Waals surface area contributed by atoms with Crippen molar-refractivity contribution in [2.45, 2.75) is 6.42 Å². The summed E-state index contributed by atoms with van der Waals surface area (Å²) in [4.78, 5) is 27.5. The fourth-order valence-electron chi connectivity index (χ4n) is 3.18. The number of anilines is 1. The third-order valence-corrected chi connectivity index (χ3v) is 4.63. The number of ether oxygens (including phenoxy) is 3. The maximum absolute atomic E-state index is 13.1. The zero-order valence-electron chi connectivity index (χ0n) is 16.7. The van der Waals surface area contributed by atoms with E-state index in [4.69, 9.17) is 14.2 Å². The number of nitrogens with zero attached hydrogens (tertiary/aromatic N) is 1. The lowest BCUT2D eigenvalue weighted by Gasteiger charge is -2.16. The van der Waals surface area contributed by atoms with E-state index < -0.39 is 0 Å². The first kappa shape index (κ1) is 20.4. The number of carbonyl (C=O) groups excluding carboxylic acids is 2. The van der Waals surface area contributed by atoms with Crippen LogP contribution in [0.4, 0.5) is 5.69 Å². The van der Waals surface area contributed by atoms with Gasteiger partial charge >= 0.3 is 0 Å². The van der Waals surface area contributed by atoms with Gasteiger partial charge in [0.15, 0.2) is 0 Å². The SMILES string of the molecule is COCCCN1C(=O)C(Nc2cc(OC)ccc2OC)=C(c2ccccc2)C1=O. The number of amides is 2. The molecule has 29 heavy (non-hydrogen) atoms. The second-order valence-electron chi connectivity index (χ2n) is 6.42. The van der Waals surface area contributed by atoms with Crippen LogP contribution < -0.4 is 14.8 Å². The Morgan fingerprint density at radius 2 is 1.69 bits per heavy atom. The molecule has 0 bridgehead atoms. The van der Waals surface area contributed by atoms with Crippen LogP contribution in [0, 0.1) is 0 Å². The van der Waals surface area contributed by atoms with E-state index in [0.717, 1.165) is 0 Å². The third-order valence-electron chi connectivity index (χ3n) is 4.63. The van der Waals surface area contributed by atoms with E-state index in [1.54, 1.807) is 32.4 Å². The molecule has 1 N–H and O–H groups in total. The Labute approximate surface area is 169 Å². The van der Waals surface area contributed by atoms with E-state index in [2.05, 4.69) is 5.32 Å². The second kappa shape index (κ2) is 9.25. The smallest absolute Gasteiger partial charge is 0.278 e. The number of nitrogens with one attached hydrogen (secondary N) is 1. The number of benzene rings is 2. The number of imide groups is 1. The van der Waals surface area contributed by atoms with Gasteiger partial charge in [0.05, 0.1) is 25.5 Å². The predicted molar refractivity (Wildman–Crippen MR) is 110 cm³/mol. The van der Waals surface area contributed by atoms with Gasteiger partial charge in [0.2, 0.25) is 0 Å². The van der Waals surface area contributed by atoms with Crippen LogP contribution in [0.5, 0.6) is 11.5 Å². The summed E-state index contributed by atoms with van der Waals surface area (Å²) < 4.78 is 15.7. The molecule has 152 valence electrons. The number of hydrogen-bond donors (Lipinski definition) is 1. The Bertz CT molecular complexity index is 924. The minimum absolute atomic E-state index is 0.213. The van der Waals surface area contributed by atoms with Gasteiger partial charge in [0.25, 0.3) is 11.8 Å². The lowest BCUT2D eigenvalue weighted by atomic mass is 10.0. The maximum atomic E-state index is 13.1. The molecule has 1 aliphatic heterocycles. The van der Waals surface area contributed by atoms with Crippen molar-refractivity contribution in [1.82, 2.24) is 4.90 Å². The van der Waals surface area contributed by atoms with Crippen LogP contribution in [0.25, 0.3) is 5.57 Å². The molecule has 0 radical (unpaired) electrons. The fourth-order valence-corrected chi connectivity index (χ4v) is 3.18. The lowest BCUT2D eigenvalue weighted by Crippen LogP contribution is -2.33. The first-order chi connectivity index (χ1) is 14.1.